The maximum absolute atomic E-state index is 10.3. The molecule has 0 aliphatic heterocycles. The second-order valence-electron chi connectivity index (χ2n) is 5.06. The van der Waals surface area contributed by atoms with Gasteiger partial charge >= 0.3 is 0 Å². The first-order valence-corrected chi connectivity index (χ1v) is 7.88. The van der Waals surface area contributed by atoms with Crippen LogP contribution in [0.25, 0.3) is 0 Å². The number of likely N-dealkylation sites (N-methyl/N-ethyl adjacent to an activating group) is 1. The smallest absolute Gasteiger partial charge is 0.119 e. The molecule has 114 valence electrons. The van der Waals surface area contributed by atoms with Crippen LogP contribution in [-0.4, -0.2) is 35.7 Å². The zero-order chi connectivity index (χ0) is 15.2. The van der Waals surface area contributed by atoms with Crippen molar-refractivity contribution in [3.8, 4) is 5.75 Å². The highest BCUT2D eigenvalue weighted by Crippen LogP contribution is 2.21. The van der Waals surface area contributed by atoms with Crippen LogP contribution in [0.4, 0.5) is 0 Å². The summed E-state index contributed by atoms with van der Waals surface area (Å²) in [5, 5.41) is 11.4. The fourth-order valence-corrected chi connectivity index (χ4v) is 3.07. The molecule has 2 aromatic rings. The number of nitrogens with zero attached hydrogens (tertiary/aromatic N) is 2. The van der Waals surface area contributed by atoms with E-state index in [1.807, 2.05) is 37.5 Å². The number of rotatable bonds is 7. The second-order valence-corrected chi connectivity index (χ2v) is 6.26. The predicted octanol–water partition coefficient (Wildman–Crippen LogP) is 2.88. The van der Waals surface area contributed by atoms with E-state index < -0.39 is 6.10 Å². The number of thiazole rings is 1. The van der Waals surface area contributed by atoms with Gasteiger partial charge in [-0.25, -0.2) is 4.98 Å². The fraction of sp³-hybridized carbons (Fsp3) is 0.438. The van der Waals surface area contributed by atoms with Crippen LogP contribution in [0.15, 0.2) is 30.5 Å². The fourth-order valence-electron chi connectivity index (χ4n) is 2.13. The molecule has 0 spiro atoms. The van der Waals surface area contributed by atoms with Crippen LogP contribution in [0, 0.1) is 0 Å². The number of benzene rings is 1. The SMILES string of the molecule is CCc1cnc(CN(C)CC(O)c2cccc(OC)c2)s1. The van der Waals surface area contributed by atoms with E-state index in [9.17, 15) is 5.11 Å². The van der Waals surface area contributed by atoms with E-state index in [2.05, 4.69) is 16.8 Å². The molecule has 0 aliphatic carbocycles. The Balaban J connectivity index is 1.93. The van der Waals surface area contributed by atoms with Gasteiger partial charge < -0.3 is 9.84 Å². The molecule has 0 bridgehead atoms. The number of aliphatic hydroxyl groups excluding tert-OH is 1. The van der Waals surface area contributed by atoms with Crippen LogP contribution in [-0.2, 0) is 13.0 Å². The third-order valence-electron chi connectivity index (χ3n) is 3.32. The van der Waals surface area contributed by atoms with Crippen LogP contribution in [0.3, 0.4) is 0 Å². The van der Waals surface area contributed by atoms with Gasteiger partial charge in [0.2, 0.25) is 0 Å². The maximum Gasteiger partial charge on any atom is 0.119 e. The van der Waals surface area contributed by atoms with E-state index in [1.54, 1.807) is 18.4 Å². The summed E-state index contributed by atoms with van der Waals surface area (Å²) in [4.78, 5) is 7.79. The Kier molecular flexibility index (Phi) is 5.73. The first-order chi connectivity index (χ1) is 10.1. The van der Waals surface area contributed by atoms with Crippen LogP contribution < -0.4 is 4.74 Å². The van der Waals surface area contributed by atoms with Crippen LogP contribution in [0.2, 0.25) is 0 Å². The van der Waals surface area contributed by atoms with E-state index in [-0.39, 0.29) is 0 Å². The lowest BCUT2D eigenvalue weighted by Gasteiger charge is -2.20. The summed E-state index contributed by atoms with van der Waals surface area (Å²) in [7, 11) is 3.63. The Labute approximate surface area is 130 Å². The first kappa shape index (κ1) is 15.9. The molecule has 0 fully saturated rings. The molecule has 1 unspecified atom stereocenters. The molecule has 0 saturated carbocycles. The molecule has 2 rings (SSSR count). The number of aromatic nitrogens is 1. The Hall–Kier alpha value is -1.43. The van der Waals surface area contributed by atoms with Crippen molar-refractivity contribution in [2.75, 3.05) is 20.7 Å². The largest absolute Gasteiger partial charge is 0.497 e. The molecule has 0 amide bonds. The monoisotopic (exact) mass is 306 g/mol. The number of methoxy groups -OCH3 is 1. The molecule has 1 atom stereocenters. The van der Waals surface area contributed by atoms with Crippen molar-refractivity contribution < 1.29 is 9.84 Å². The summed E-state index contributed by atoms with van der Waals surface area (Å²) >= 11 is 1.74. The summed E-state index contributed by atoms with van der Waals surface area (Å²) in [5.74, 6) is 0.765. The van der Waals surface area contributed by atoms with E-state index in [4.69, 9.17) is 4.74 Å². The zero-order valence-corrected chi connectivity index (χ0v) is 13.6. The van der Waals surface area contributed by atoms with Crippen LogP contribution in [0.5, 0.6) is 5.75 Å². The molecule has 0 saturated heterocycles. The summed E-state index contributed by atoms with van der Waals surface area (Å²) in [6, 6.07) is 7.56. The minimum atomic E-state index is -0.532. The van der Waals surface area contributed by atoms with Gasteiger partial charge in [-0.3, -0.25) is 4.90 Å². The van der Waals surface area contributed by atoms with Crippen molar-refractivity contribution >= 4 is 11.3 Å². The lowest BCUT2D eigenvalue weighted by molar-refractivity contribution is 0.123. The Bertz CT molecular complexity index is 571. The molecular formula is C16H22N2O2S. The summed E-state index contributed by atoms with van der Waals surface area (Å²) in [6.07, 6.45) is 2.43. The lowest BCUT2D eigenvalue weighted by atomic mass is 10.1. The number of ether oxygens (including phenoxy) is 1. The van der Waals surface area contributed by atoms with Gasteiger partial charge in [0, 0.05) is 17.6 Å². The third kappa shape index (κ3) is 4.52. The number of aliphatic hydroxyl groups is 1. The molecule has 5 heteroatoms. The highest BCUT2D eigenvalue weighted by atomic mass is 32.1. The normalized spacial score (nSPS) is 12.6. The Morgan fingerprint density at radius 3 is 2.90 bits per heavy atom. The van der Waals surface area contributed by atoms with Gasteiger partial charge in [0.05, 0.1) is 19.8 Å². The molecule has 4 nitrogen and oxygen atoms in total. The second kappa shape index (κ2) is 7.54. The van der Waals surface area contributed by atoms with Gasteiger partial charge in [-0.05, 0) is 31.2 Å². The van der Waals surface area contributed by atoms with Crippen molar-refractivity contribution in [2.24, 2.45) is 0 Å². The van der Waals surface area contributed by atoms with Gasteiger partial charge in [0.15, 0.2) is 0 Å². The number of aryl methyl sites for hydroxylation is 1. The van der Waals surface area contributed by atoms with Crippen LogP contribution in [0.1, 0.15) is 28.5 Å². The van der Waals surface area contributed by atoms with Crippen molar-refractivity contribution in [1.82, 2.24) is 9.88 Å². The molecule has 0 radical (unpaired) electrons. The molecule has 1 aromatic heterocycles. The molecule has 1 aromatic carbocycles. The van der Waals surface area contributed by atoms with Crippen molar-refractivity contribution in [1.29, 1.82) is 0 Å². The first-order valence-electron chi connectivity index (χ1n) is 7.06. The van der Waals surface area contributed by atoms with E-state index in [1.165, 1.54) is 4.88 Å². The van der Waals surface area contributed by atoms with Crippen molar-refractivity contribution in [2.45, 2.75) is 26.0 Å². The standard InChI is InChI=1S/C16H22N2O2S/c1-4-14-9-17-16(21-14)11-18(2)10-15(19)12-6-5-7-13(8-12)20-3/h5-9,15,19H,4,10-11H2,1-3H3. The minimum absolute atomic E-state index is 0.532. The van der Waals surface area contributed by atoms with Crippen LogP contribution >= 0.6 is 11.3 Å². The summed E-state index contributed by atoms with van der Waals surface area (Å²) in [5.41, 5.74) is 0.870. The van der Waals surface area contributed by atoms with E-state index >= 15 is 0 Å². The average Bonchev–Trinajstić information content (AvgIpc) is 2.94. The zero-order valence-electron chi connectivity index (χ0n) is 12.7. The molecule has 1 heterocycles. The summed E-state index contributed by atoms with van der Waals surface area (Å²) < 4.78 is 5.19. The van der Waals surface area contributed by atoms with Gasteiger partial charge in [0.1, 0.15) is 10.8 Å². The quantitative estimate of drug-likeness (QED) is 0.854. The highest BCUT2D eigenvalue weighted by molar-refractivity contribution is 7.11. The highest BCUT2D eigenvalue weighted by Gasteiger charge is 2.13. The van der Waals surface area contributed by atoms with E-state index in [0.717, 1.165) is 29.3 Å². The predicted molar refractivity (Wildman–Crippen MR) is 85.8 cm³/mol. The van der Waals surface area contributed by atoms with Crippen molar-refractivity contribution in [3.05, 3.63) is 45.9 Å². The van der Waals surface area contributed by atoms with Gasteiger partial charge in [-0.2, -0.15) is 0 Å². The van der Waals surface area contributed by atoms with E-state index in [0.29, 0.717) is 6.54 Å². The molecule has 0 aliphatic rings. The van der Waals surface area contributed by atoms with Gasteiger partial charge in [-0.15, -0.1) is 11.3 Å². The van der Waals surface area contributed by atoms with Gasteiger partial charge in [-0.1, -0.05) is 19.1 Å². The maximum atomic E-state index is 10.3. The van der Waals surface area contributed by atoms with Crippen molar-refractivity contribution in [3.63, 3.8) is 0 Å². The number of hydrogen-bond acceptors (Lipinski definition) is 5. The molecule has 1 N–H and O–H groups in total. The number of hydrogen-bond donors (Lipinski definition) is 1. The molecule has 21 heavy (non-hydrogen) atoms. The Morgan fingerprint density at radius 2 is 2.24 bits per heavy atom. The van der Waals surface area contributed by atoms with Gasteiger partial charge in [0.25, 0.3) is 0 Å². The minimum Gasteiger partial charge on any atom is -0.497 e. The Morgan fingerprint density at radius 1 is 1.43 bits per heavy atom. The molecular weight excluding hydrogens is 284 g/mol. The summed E-state index contributed by atoms with van der Waals surface area (Å²) in [6.45, 7) is 3.45. The third-order valence-corrected chi connectivity index (χ3v) is 4.44. The lowest BCUT2D eigenvalue weighted by Crippen LogP contribution is -2.24. The average molecular weight is 306 g/mol. The topological polar surface area (TPSA) is 45.6 Å².